The van der Waals surface area contributed by atoms with Crippen molar-refractivity contribution >= 4 is 23.4 Å². The fraction of sp³-hybridized carbons (Fsp3) is 0.318. The molecule has 1 atom stereocenters. The molecule has 0 saturated heterocycles. The largest absolute Gasteiger partial charge is 0.497 e. The molecule has 1 aromatic heterocycles. The number of carbonyl (C=O) groups is 1. The van der Waals surface area contributed by atoms with Gasteiger partial charge < -0.3 is 28.8 Å². The highest BCUT2D eigenvalue weighted by Crippen LogP contribution is 2.34. The smallest absolute Gasteiger partial charge is 0.237 e. The van der Waals surface area contributed by atoms with Crippen LogP contribution in [0.3, 0.4) is 0 Å². The maximum Gasteiger partial charge on any atom is 0.237 e. The van der Waals surface area contributed by atoms with Crippen molar-refractivity contribution in [3.63, 3.8) is 0 Å². The van der Waals surface area contributed by atoms with E-state index < -0.39 is 0 Å². The summed E-state index contributed by atoms with van der Waals surface area (Å²) in [4.78, 5) is 12.7. The van der Waals surface area contributed by atoms with Crippen molar-refractivity contribution in [3.8, 4) is 23.0 Å². The van der Waals surface area contributed by atoms with E-state index in [0.29, 0.717) is 40.5 Å². The molecule has 1 aliphatic rings. The number of benzene rings is 2. The first-order valence-electron chi connectivity index (χ1n) is 10.1. The predicted octanol–water partition coefficient (Wildman–Crippen LogP) is 3.73. The van der Waals surface area contributed by atoms with E-state index in [1.54, 1.807) is 25.3 Å². The third-order valence-electron chi connectivity index (χ3n) is 4.83. The average molecular weight is 457 g/mol. The van der Waals surface area contributed by atoms with Gasteiger partial charge in [0.15, 0.2) is 22.5 Å². The Labute approximate surface area is 190 Å². The second-order valence-electron chi connectivity index (χ2n) is 6.92. The maximum absolute atomic E-state index is 12.7. The van der Waals surface area contributed by atoms with Crippen LogP contribution >= 0.6 is 11.8 Å². The number of anilines is 1. The topological polar surface area (TPSA) is 96.7 Å². The number of carbonyl (C=O) groups excluding carboxylic acids is 1. The number of amides is 1. The molecule has 0 saturated carbocycles. The standard InChI is InChI=1S/C22H24N4O5S/c1-4-26-20(12-29-17-8-6-16(28-3)7-9-17)24-25-22(26)32-14(2)21(27)23-15-5-10-18-19(11-15)31-13-30-18/h5-11,14H,4,12-13H2,1-3H3,(H,23,27)/t14-/m1/s1. The Morgan fingerprint density at radius 3 is 2.66 bits per heavy atom. The van der Waals surface area contributed by atoms with Gasteiger partial charge in [-0.3, -0.25) is 4.79 Å². The van der Waals surface area contributed by atoms with Crippen LogP contribution in [0.15, 0.2) is 47.6 Å². The zero-order valence-corrected chi connectivity index (χ0v) is 18.8. The van der Waals surface area contributed by atoms with E-state index in [2.05, 4.69) is 15.5 Å². The zero-order chi connectivity index (χ0) is 22.5. The van der Waals surface area contributed by atoms with Crippen LogP contribution in [0.5, 0.6) is 23.0 Å². The van der Waals surface area contributed by atoms with Crippen LogP contribution in [0.4, 0.5) is 5.69 Å². The van der Waals surface area contributed by atoms with Crippen molar-refractivity contribution in [1.29, 1.82) is 0 Å². The minimum Gasteiger partial charge on any atom is -0.497 e. The second kappa shape index (κ2) is 9.82. The molecular formula is C22H24N4O5S. The second-order valence-corrected chi connectivity index (χ2v) is 8.23. The third kappa shape index (κ3) is 4.91. The molecule has 2 aromatic carbocycles. The normalized spacial score (nSPS) is 13.0. The first kappa shape index (κ1) is 21.8. The van der Waals surface area contributed by atoms with Crippen LogP contribution in [0, 0.1) is 0 Å². The molecule has 0 fully saturated rings. The molecule has 1 amide bonds. The summed E-state index contributed by atoms with van der Waals surface area (Å²) in [5.41, 5.74) is 0.650. The molecule has 32 heavy (non-hydrogen) atoms. The molecule has 0 unspecified atom stereocenters. The van der Waals surface area contributed by atoms with Gasteiger partial charge in [0.1, 0.15) is 18.1 Å². The molecule has 1 N–H and O–H groups in total. The summed E-state index contributed by atoms with van der Waals surface area (Å²) in [6.07, 6.45) is 0. The Morgan fingerprint density at radius 2 is 1.91 bits per heavy atom. The highest BCUT2D eigenvalue weighted by Gasteiger charge is 2.21. The van der Waals surface area contributed by atoms with E-state index in [0.717, 1.165) is 5.75 Å². The number of nitrogens with zero attached hydrogens (tertiary/aromatic N) is 3. The molecule has 168 valence electrons. The molecule has 0 bridgehead atoms. The van der Waals surface area contributed by atoms with Crippen LogP contribution in [0.2, 0.25) is 0 Å². The first-order chi connectivity index (χ1) is 15.6. The van der Waals surface area contributed by atoms with Crippen LogP contribution < -0.4 is 24.3 Å². The summed E-state index contributed by atoms with van der Waals surface area (Å²) < 4.78 is 23.6. The summed E-state index contributed by atoms with van der Waals surface area (Å²) in [7, 11) is 1.62. The van der Waals surface area contributed by atoms with E-state index in [-0.39, 0.29) is 24.6 Å². The number of hydrogen-bond donors (Lipinski definition) is 1. The van der Waals surface area contributed by atoms with Gasteiger partial charge in [-0.1, -0.05) is 11.8 Å². The number of fused-ring (bicyclic) bond motifs is 1. The van der Waals surface area contributed by atoms with Crippen LogP contribution in [-0.2, 0) is 17.9 Å². The van der Waals surface area contributed by atoms with Crippen molar-refractivity contribution in [2.45, 2.75) is 37.4 Å². The van der Waals surface area contributed by atoms with Crippen molar-refractivity contribution in [1.82, 2.24) is 14.8 Å². The van der Waals surface area contributed by atoms with Crippen molar-refractivity contribution in [2.24, 2.45) is 0 Å². The number of aromatic nitrogens is 3. The lowest BCUT2D eigenvalue weighted by atomic mass is 10.2. The quantitative estimate of drug-likeness (QED) is 0.487. The summed E-state index contributed by atoms with van der Waals surface area (Å²) in [6.45, 7) is 4.95. The Bertz CT molecular complexity index is 1090. The lowest BCUT2D eigenvalue weighted by molar-refractivity contribution is -0.115. The third-order valence-corrected chi connectivity index (χ3v) is 5.91. The van der Waals surface area contributed by atoms with Gasteiger partial charge >= 0.3 is 0 Å². The van der Waals surface area contributed by atoms with Crippen molar-refractivity contribution < 1.29 is 23.7 Å². The summed E-state index contributed by atoms with van der Waals surface area (Å²) in [5, 5.41) is 11.7. The average Bonchev–Trinajstić information content (AvgIpc) is 3.44. The molecule has 3 aromatic rings. The molecule has 0 aliphatic carbocycles. The number of methoxy groups -OCH3 is 1. The zero-order valence-electron chi connectivity index (χ0n) is 18.0. The Balaban J connectivity index is 1.36. The summed E-state index contributed by atoms with van der Waals surface area (Å²) in [5.74, 6) is 3.31. The SMILES string of the molecule is CCn1c(COc2ccc(OC)cc2)nnc1S[C@H](C)C(=O)Nc1ccc2c(c1)OCO2. The van der Waals surface area contributed by atoms with Crippen molar-refractivity contribution in [3.05, 3.63) is 48.3 Å². The van der Waals surface area contributed by atoms with Gasteiger partial charge in [0, 0.05) is 18.3 Å². The van der Waals surface area contributed by atoms with E-state index in [4.69, 9.17) is 18.9 Å². The molecule has 1 aliphatic heterocycles. The van der Waals surface area contributed by atoms with Crippen LogP contribution in [0.25, 0.3) is 0 Å². The highest BCUT2D eigenvalue weighted by molar-refractivity contribution is 8.00. The maximum atomic E-state index is 12.7. The lowest BCUT2D eigenvalue weighted by Crippen LogP contribution is -2.23. The van der Waals surface area contributed by atoms with Gasteiger partial charge in [-0.2, -0.15) is 0 Å². The number of ether oxygens (including phenoxy) is 4. The summed E-state index contributed by atoms with van der Waals surface area (Å²) >= 11 is 1.34. The fourth-order valence-electron chi connectivity index (χ4n) is 3.08. The van der Waals surface area contributed by atoms with E-state index in [1.165, 1.54) is 11.8 Å². The van der Waals surface area contributed by atoms with E-state index in [9.17, 15) is 4.79 Å². The monoisotopic (exact) mass is 456 g/mol. The van der Waals surface area contributed by atoms with Gasteiger partial charge in [-0.25, -0.2) is 0 Å². The molecule has 2 heterocycles. The first-order valence-corrected chi connectivity index (χ1v) is 11.0. The Hall–Kier alpha value is -3.40. The Morgan fingerprint density at radius 1 is 1.16 bits per heavy atom. The molecule has 9 nitrogen and oxygen atoms in total. The molecular weight excluding hydrogens is 432 g/mol. The number of thioether (sulfide) groups is 1. The van der Waals surface area contributed by atoms with Gasteiger partial charge in [-0.15, -0.1) is 10.2 Å². The van der Waals surface area contributed by atoms with E-state index >= 15 is 0 Å². The van der Waals surface area contributed by atoms with Gasteiger partial charge in [-0.05, 0) is 50.2 Å². The minimum atomic E-state index is -0.384. The summed E-state index contributed by atoms with van der Waals surface area (Å²) in [6, 6.07) is 12.7. The Kier molecular flexibility index (Phi) is 6.69. The minimum absolute atomic E-state index is 0.143. The highest BCUT2D eigenvalue weighted by atomic mass is 32.2. The lowest BCUT2D eigenvalue weighted by Gasteiger charge is -2.13. The fourth-order valence-corrected chi connectivity index (χ4v) is 4.01. The van der Waals surface area contributed by atoms with Crippen molar-refractivity contribution in [2.75, 3.05) is 19.2 Å². The molecule has 4 rings (SSSR count). The molecule has 0 radical (unpaired) electrons. The van der Waals surface area contributed by atoms with Crippen LogP contribution in [-0.4, -0.2) is 39.8 Å². The number of nitrogens with one attached hydrogen (secondary N) is 1. The molecule has 10 heteroatoms. The van der Waals surface area contributed by atoms with Crippen LogP contribution in [0.1, 0.15) is 19.7 Å². The van der Waals surface area contributed by atoms with Gasteiger partial charge in [0.05, 0.1) is 12.4 Å². The molecule has 0 spiro atoms. The predicted molar refractivity (Wildman–Crippen MR) is 120 cm³/mol. The number of rotatable bonds is 9. The number of hydrogen-bond acceptors (Lipinski definition) is 8. The van der Waals surface area contributed by atoms with Gasteiger partial charge in [0.2, 0.25) is 12.7 Å². The van der Waals surface area contributed by atoms with E-state index in [1.807, 2.05) is 42.7 Å². The van der Waals surface area contributed by atoms with Gasteiger partial charge in [0.25, 0.3) is 0 Å².